The molecule has 0 aromatic heterocycles. The van der Waals surface area contributed by atoms with Crippen LogP contribution >= 0.6 is 34.8 Å². The largest absolute Gasteiger partial charge is 0.294 e. The van der Waals surface area contributed by atoms with Gasteiger partial charge >= 0.3 is 0 Å². The van der Waals surface area contributed by atoms with Crippen LogP contribution in [0.3, 0.4) is 0 Å². The predicted octanol–water partition coefficient (Wildman–Crippen LogP) is 5.21. The summed E-state index contributed by atoms with van der Waals surface area (Å²) in [5.41, 5.74) is 1.09. The minimum atomic E-state index is -0.507. The van der Waals surface area contributed by atoms with Crippen LogP contribution in [0.2, 0.25) is 15.1 Å². The van der Waals surface area contributed by atoms with E-state index in [0.29, 0.717) is 21.2 Å². The molecule has 0 saturated carbocycles. The molecule has 19 heavy (non-hydrogen) atoms. The highest BCUT2D eigenvalue weighted by Crippen LogP contribution is 2.24. The Balaban J connectivity index is 2.20. The van der Waals surface area contributed by atoms with Crippen molar-refractivity contribution in [1.29, 1.82) is 0 Å². The van der Waals surface area contributed by atoms with Crippen molar-refractivity contribution in [3.63, 3.8) is 0 Å². The van der Waals surface area contributed by atoms with E-state index in [-0.39, 0.29) is 17.2 Å². The lowest BCUT2D eigenvalue weighted by molar-refractivity contribution is 0.0993. The first kappa shape index (κ1) is 14.3. The number of benzene rings is 2. The van der Waals surface area contributed by atoms with Gasteiger partial charge in [0, 0.05) is 12.0 Å². The molecule has 0 N–H and O–H groups in total. The van der Waals surface area contributed by atoms with Gasteiger partial charge in [0.05, 0.1) is 15.1 Å². The third kappa shape index (κ3) is 3.47. The smallest absolute Gasteiger partial charge is 0.167 e. The van der Waals surface area contributed by atoms with Crippen molar-refractivity contribution in [1.82, 2.24) is 0 Å². The van der Waals surface area contributed by atoms with Gasteiger partial charge in [-0.25, -0.2) is 4.39 Å². The van der Waals surface area contributed by atoms with Crippen LogP contribution in [0.4, 0.5) is 4.39 Å². The lowest BCUT2D eigenvalue weighted by atomic mass is 10.0. The summed E-state index contributed by atoms with van der Waals surface area (Å²) in [6.07, 6.45) is 0.123. The molecule has 2 rings (SSSR count). The van der Waals surface area contributed by atoms with Crippen LogP contribution in [0, 0.1) is 5.82 Å². The molecular formula is C14H8Cl3FO. The number of carbonyl (C=O) groups is 1. The highest BCUT2D eigenvalue weighted by Gasteiger charge is 2.10. The van der Waals surface area contributed by atoms with Crippen LogP contribution < -0.4 is 0 Å². The fourth-order valence-electron chi connectivity index (χ4n) is 1.61. The molecule has 0 fully saturated rings. The predicted molar refractivity (Wildman–Crippen MR) is 75.9 cm³/mol. The Morgan fingerprint density at radius 3 is 2.32 bits per heavy atom. The molecule has 0 unspecified atom stereocenters. The average molecular weight is 318 g/mol. The summed E-state index contributed by atoms with van der Waals surface area (Å²) in [5.74, 6) is -0.645. The number of ketones is 1. The number of hydrogen-bond acceptors (Lipinski definition) is 1. The van der Waals surface area contributed by atoms with E-state index < -0.39 is 5.82 Å². The van der Waals surface area contributed by atoms with E-state index in [1.807, 2.05) is 0 Å². The molecule has 0 aliphatic heterocycles. The maximum atomic E-state index is 13.0. The topological polar surface area (TPSA) is 17.1 Å². The molecule has 0 aliphatic carbocycles. The SMILES string of the molecule is O=C(Cc1ccc(F)c(Cl)c1)c1ccc(Cl)c(Cl)c1. The minimum absolute atomic E-state index is 0.000520. The van der Waals surface area contributed by atoms with Crippen LogP contribution in [0.15, 0.2) is 36.4 Å². The lowest BCUT2D eigenvalue weighted by Crippen LogP contribution is -2.03. The fraction of sp³-hybridized carbons (Fsp3) is 0.0714. The van der Waals surface area contributed by atoms with Gasteiger partial charge in [0.2, 0.25) is 0 Å². The average Bonchev–Trinajstić information content (AvgIpc) is 2.37. The van der Waals surface area contributed by atoms with Crippen molar-refractivity contribution >= 4 is 40.6 Å². The van der Waals surface area contributed by atoms with E-state index in [4.69, 9.17) is 34.8 Å². The fourth-order valence-corrected chi connectivity index (χ4v) is 2.11. The lowest BCUT2D eigenvalue weighted by Gasteiger charge is -2.04. The van der Waals surface area contributed by atoms with Crippen molar-refractivity contribution in [3.05, 3.63) is 68.4 Å². The third-order valence-electron chi connectivity index (χ3n) is 2.59. The first-order valence-electron chi connectivity index (χ1n) is 5.39. The van der Waals surface area contributed by atoms with E-state index in [1.165, 1.54) is 24.3 Å². The van der Waals surface area contributed by atoms with Crippen molar-refractivity contribution in [2.45, 2.75) is 6.42 Å². The van der Waals surface area contributed by atoms with Crippen LogP contribution in [0.25, 0.3) is 0 Å². The Bertz CT molecular complexity index is 641. The first-order valence-corrected chi connectivity index (χ1v) is 6.53. The second-order valence-electron chi connectivity index (χ2n) is 3.98. The molecule has 0 aliphatic rings. The monoisotopic (exact) mass is 316 g/mol. The summed E-state index contributed by atoms with van der Waals surface area (Å²) >= 11 is 17.3. The molecule has 0 atom stereocenters. The molecule has 0 heterocycles. The zero-order chi connectivity index (χ0) is 14.0. The quantitative estimate of drug-likeness (QED) is 0.710. The summed E-state index contributed by atoms with van der Waals surface area (Å²) in [5, 5.41) is 0.715. The Kier molecular flexibility index (Phi) is 4.46. The highest BCUT2D eigenvalue weighted by atomic mass is 35.5. The Morgan fingerprint density at radius 1 is 0.947 bits per heavy atom. The van der Waals surface area contributed by atoms with Crippen LogP contribution in [0.5, 0.6) is 0 Å². The van der Waals surface area contributed by atoms with Crippen molar-refractivity contribution in [3.8, 4) is 0 Å². The molecule has 1 nitrogen and oxygen atoms in total. The molecule has 98 valence electrons. The van der Waals surface area contributed by atoms with Crippen molar-refractivity contribution < 1.29 is 9.18 Å². The molecular weight excluding hydrogens is 310 g/mol. The molecule has 0 radical (unpaired) electrons. The van der Waals surface area contributed by atoms with Gasteiger partial charge in [0.15, 0.2) is 5.78 Å². The number of hydrogen-bond donors (Lipinski definition) is 0. The molecule has 5 heteroatoms. The van der Waals surface area contributed by atoms with Gasteiger partial charge in [-0.3, -0.25) is 4.79 Å². The summed E-state index contributed by atoms with van der Waals surface area (Å²) in [6.45, 7) is 0. The maximum Gasteiger partial charge on any atom is 0.167 e. The molecule has 2 aromatic rings. The van der Waals surface area contributed by atoms with Gasteiger partial charge in [-0.1, -0.05) is 40.9 Å². The number of Topliss-reactive ketones (excluding diaryl/α,β-unsaturated/α-hetero) is 1. The maximum absolute atomic E-state index is 13.0. The van der Waals surface area contributed by atoms with Crippen molar-refractivity contribution in [2.24, 2.45) is 0 Å². The summed E-state index contributed by atoms with van der Waals surface area (Å²) in [7, 11) is 0. The summed E-state index contributed by atoms with van der Waals surface area (Å²) in [6, 6.07) is 8.87. The Morgan fingerprint density at radius 2 is 1.68 bits per heavy atom. The van der Waals surface area contributed by atoms with E-state index in [0.717, 1.165) is 0 Å². The van der Waals surface area contributed by atoms with E-state index in [2.05, 4.69) is 0 Å². The van der Waals surface area contributed by atoms with Gasteiger partial charge in [0.25, 0.3) is 0 Å². The Hall–Kier alpha value is -1.09. The summed E-state index contributed by atoms with van der Waals surface area (Å²) < 4.78 is 13.0. The van der Waals surface area contributed by atoms with Crippen molar-refractivity contribution in [2.75, 3.05) is 0 Å². The normalized spacial score (nSPS) is 10.5. The zero-order valence-electron chi connectivity index (χ0n) is 9.59. The highest BCUT2D eigenvalue weighted by molar-refractivity contribution is 6.42. The number of halogens is 4. The van der Waals surface area contributed by atoms with Gasteiger partial charge in [0.1, 0.15) is 5.82 Å². The molecule has 0 bridgehead atoms. The van der Waals surface area contributed by atoms with Gasteiger partial charge < -0.3 is 0 Å². The van der Waals surface area contributed by atoms with E-state index in [1.54, 1.807) is 12.1 Å². The minimum Gasteiger partial charge on any atom is -0.294 e. The molecule has 2 aromatic carbocycles. The second kappa shape index (κ2) is 5.91. The van der Waals surface area contributed by atoms with Crippen LogP contribution in [-0.4, -0.2) is 5.78 Å². The Labute approximate surface area is 124 Å². The molecule has 0 saturated heterocycles. The summed E-state index contributed by atoms with van der Waals surface area (Å²) in [4.78, 5) is 12.0. The zero-order valence-corrected chi connectivity index (χ0v) is 11.9. The first-order chi connectivity index (χ1) is 8.97. The third-order valence-corrected chi connectivity index (χ3v) is 3.62. The van der Waals surface area contributed by atoms with Crippen LogP contribution in [0.1, 0.15) is 15.9 Å². The van der Waals surface area contributed by atoms with E-state index in [9.17, 15) is 9.18 Å². The van der Waals surface area contributed by atoms with Gasteiger partial charge in [-0.15, -0.1) is 0 Å². The second-order valence-corrected chi connectivity index (χ2v) is 5.20. The standard InChI is InChI=1S/C14H8Cl3FO/c15-10-3-2-9(7-11(10)16)14(19)6-8-1-4-13(18)12(17)5-8/h1-5,7H,6H2. The van der Waals surface area contributed by atoms with Crippen LogP contribution in [-0.2, 0) is 6.42 Å². The van der Waals surface area contributed by atoms with E-state index >= 15 is 0 Å². The number of carbonyl (C=O) groups excluding carboxylic acids is 1. The van der Waals surface area contributed by atoms with Gasteiger partial charge in [-0.2, -0.15) is 0 Å². The van der Waals surface area contributed by atoms with Gasteiger partial charge in [-0.05, 0) is 35.9 Å². The number of rotatable bonds is 3. The molecule has 0 amide bonds. The molecule has 0 spiro atoms.